The standard InChI is InChI=1S/C17H14ClNO/c1-11-10-16(19-15-9-5-3-6-12(11)15)17(20)13-7-2-4-8-14(13)18/h2-10,17,20H,1H3. The van der Waals surface area contributed by atoms with Crippen LogP contribution in [0.2, 0.25) is 5.02 Å². The summed E-state index contributed by atoms with van der Waals surface area (Å²) in [5.41, 5.74) is 3.27. The monoisotopic (exact) mass is 283 g/mol. The lowest BCUT2D eigenvalue weighted by molar-refractivity contribution is 0.216. The van der Waals surface area contributed by atoms with E-state index in [2.05, 4.69) is 4.98 Å². The van der Waals surface area contributed by atoms with Gasteiger partial charge in [-0.1, -0.05) is 48.0 Å². The summed E-state index contributed by atoms with van der Waals surface area (Å²) >= 11 is 6.14. The van der Waals surface area contributed by atoms with Crippen molar-refractivity contribution in [1.29, 1.82) is 0 Å². The van der Waals surface area contributed by atoms with Crippen LogP contribution in [0.15, 0.2) is 54.6 Å². The summed E-state index contributed by atoms with van der Waals surface area (Å²) in [5, 5.41) is 12.2. The van der Waals surface area contributed by atoms with Gasteiger partial charge in [-0.2, -0.15) is 0 Å². The van der Waals surface area contributed by atoms with Crippen LogP contribution in [0, 0.1) is 6.92 Å². The molecule has 0 bridgehead atoms. The number of nitrogens with zero attached hydrogens (tertiary/aromatic N) is 1. The number of fused-ring (bicyclic) bond motifs is 1. The Bertz CT molecular complexity index is 770. The molecule has 1 atom stereocenters. The van der Waals surface area contributed by atoms with Crippen molar-refractivity contribution in [3.05, 3.63) is 76.4 Å². The lowest BCUT2D eigenvalue weighted by Crippen LogP contribution is -2.04. The first kappa shape index (κ1) is 13.1. The van der Waals surface area contributed by atoms with Crippen molar-refractivity contribution in [2.75, 3.05) is 0 Å². The van der Waals surface area contributed by atoms with E-state index in [1.54, 1.807) is 6.07 Å². The van der Waals surface area contributed by atoms with E-state index in [9.17, 15) is 5.11 Å². The molecule has 2 aromatic carbocycles. The predicted octanol–water partition coefficient (Wildman–Crippen LogP) is 4.28. The van der Waals surface area contributed by atoms with Gasteiger partial charge in [-0.3, -0.25) is 0 Å². The number of para-hydroxylation sites is 1. The molecule has 100 valence electrons. The van der Waals surface area contributed by atoms with E-state index in [4.69, 9.17) is 11.6 Å². The van der Waals surface area contributed by atoms with Gasteiger partial charge in [0.05, 0.1) is 11.2 Å². The predicted molar refractivity (Wildman–Crippen MR) is 82.0 cm³/mol. The molecule has 0 saturated heterocycles. The third kappa shape index (κ3) is 2.28. The Hall–Kier alpha value is -1.90. The van der Waals surface area contributed by atoms with E-state index in [1.807, 2.05) is 55.5 Å². The Morgan fingerprint density at radius 1 is 1.05 bits per heavy atom. The van der Waals surface area contributed by atoms with Gasteiger partial charge in [-0.15, -0.1) is 0 Å². The molecule has 0 aliphatic heterocycles. The van der Waals surface area contributed by atoms with Crippen LogP contribution in [0.5, 0.6) is 0 Å². The highest BCUT2D eigenvalue weighted by molar-refractivity contribution is 6.31. The van der Waals surface area contributed by atoms with E-state index < -0.39 is 6.10 Å². The van der Waals surface area contributed by atoms with E-state index >= 15 is 0 Å². The van der Waals surface area contributed by atoms with Crippen LogP contribution in [0.1, 0.15) is 22.9 Å². The van der Waals surface area contributed by atoms with Crippen LogP contribution in [-0.2, 0) is 0 Å². The maximum atomic E-state index is 10.5. The maximum absolute atomic E-state index is 10.5. The van der Waals surface area contributed by atoms with Gasteiger partial charge in [-0.05, 0) is 30.7 Å². The molecule has 1 aromatic heterocycles. The first-order chi connectivity index (χ1) is 9.66. The molecule has 0 amide bonds. The van der Waals surface area contributed by atoms with Crippen LogP contribution >= 0.6 is 11.6 Å². The third-order valence-electron chi connectivity index (χ3n) is 3.42. The number of aryl methyl sites for hydroxylation is 1. The van der Waals surface area contributed by atoms with E-state index in [0.29, 0.717) is 16.3 Å². The van der Waals surface area contributed by atoms with Crippen molar-refractivity contribution in [2.24, 2.45) is 0 Å². The fourth-order valence-corrected chi connectivity index (χ4v) is 2.61. The molecule has 1 N–H and O–H groups in total. The van der Waals surface area contributed by atoms with Crippen molar-refractivity contribution >= 4 is 22.5 Å². The molecule has 3 heteroatoms. The Morgan fingerprint density at radius 3 is 2.55 bits per heavy atom. The van der Waals surface area contributed by atoms with Gasteiger partial charge in [0.25, 0.3) is 0 Å². The van der Waals surface area contributed by atoms with Gasteiger partial charge in [0.2, 0.25) is 0 Å². The summed E-state index contributed by atoms with van der Waals surface area (Å²) in [6, 6.07) is 17.1. The zero-order valence-electron chi connectivity index (χ0n) is 11.0. The third-order valence-corrected chi connectivity index (χ3v) is 3.77. The average Bonchev–Trinajstić information content (AvgIpc) is 2.47. The fraction of sp³-hybridized carbons (Fsp3) is 0.118. The SMILES string of the molecule is Cc1cc(C(O)c2ccccc2Cl)nc2ccccc12. The summed E-state index contributed by atoms with van der Waals surface area (Å²) in [6.45, 7) is 2.02. The molecule has 1 unspecified atom stereocenters. The molecular formula is C17H14ClNO. The Balaban J connectivity index is 2.13. The summed E-state index contributed by atoms with van der Waals surface area (Å²) in [7, 11) is 0. The minimum atomic E-state index is -0.813. The molecule has 0 saturated carbocycles. The van der Waals surface area contributed by atoms with Gasteiger partial charge in [-0.25, -0.2) is 4.98 Å². The normalized spacial score (nSPS) is 12.6. The van der Waals surface area contributed by atoms with Crippen LogP contribution in [0.4, 0.5) is 0 Å². The number of halogens is 1. The summed E-state index contributed by atoms with van der Waals surface area (Å²) in [5.74, 6) is 0. The first-order valence-corrected chi connectivity index (χ1v) is 6.83. The van der Waals surface area contributed by atoms with Crippen molar-refractivity contribution in [1.82, 2.24) is 4.98 Å². The lowest BCUT2D eigenvalue weighted by atomic mass is 10.0. The lowest BCUT2D eigenvalue weighted by Gasteiger charge is -2.14. The number of aliphatic hydroxyl groups excluding tert-OH is 1. The van der Waals surface area contributed by atoms with Gasteiger partial charge in [0.15, 0.2) is 0 Å². The molecule has 0 aliphatic rings. The topological polar surface area (TPSA) is 33.1 Å². The quantitative estimate of drug-likeness (QED) is 0.761. The molecule has 20 heavy (non-hydrogen) atoms. The zero-order chi connectivity index (χ0) is 14.1. The van der Waals surface area contributed by atoms with E-state index in [0.717, 1.165) is 16.5 Å². The molecular weight excluding hydrogens is 270 g/mol. The molecule has 2 nitrogen and oxygen atoms in total. The van der Waals surface area contributed by atoms with Gasteiger partial charge < -0.3 is 5.11 Å². The molecule has 0 fully saturated rings. The second-order valence-electron chi connectivity index (χ2n) is 4.81. The summed E-state index contributed by atoms with van der Waals surface area (Å²) in [4.78, 5) is 4.54. The average molecular weight is 284 g/mol. The molecule has 3 rings (SSSR count). The molecule has 1 heterocycles. The second-order valence-corrected chi connectivity index (χ2v) is 5.21. The number of aromatic nitrogens is 1. The summed E-state index contributed by atoms with van der Waals surface area (Å²) < 4.78 is 0. The Kier molecular flexibility index (Phi) is 3.43. The van der Waals surface area contributed by atoms with Gasteiger partial charge >= 0.3 is 0 Å². The van der Waals surface area contributed by atoms with Crippen LogP contribution in [0.25, 0.3) is 10.9 Å². The van der Waals surface area contributed by atoms with Crippen molar-refractivity contribution < 1.29 is 5.11 Å². The maximum Gasteiger partial charge on any atom is 0.122 e. The molecule has 0 spiro atoms. The van der Waals surface area contributed by atoms with Crippen LogP contribution in [-0.4, -0.2) is 10.1 Å². The van der Waals surface area contributed by atoms with E-state index in [-0.39, 0.29) is 0 Å². The van der Waals surface area contributed by atoms with Crippen LogP contribution in [0.3, 0.4) is 0 Å². The van der Waals surface area contributed by atoms with Gasteiger partial charge in [0.1, 0.15) is 6.10 Å². The highest BCUT2D eigenvalue weighted by Gasteiger charge is 2.16. The minimum absolute atomic E-state index is 0.549. The van der Waals surface area contributed by atoms with Crippen molar-refractivity contribution in [2.45, 2.75) is 13.0 Å². The Labute approximate surface area is 122 Å². The number of benzene rings is 2. The largest absolute Gasteiger partial charge is 0.382 e. The smallest absolute Gasteiger partial charge is 0.122 e. The first-order valence-electron chi connectivity index (χ1n) is 6.45. The fourth-order valence-electron chi connectivity index (χ4n) is 2.37. The second kappa shape index (κ2) is 5.23. The summed E-state index contributed by atoms with van der Waals surface area (Å²) in [6.07, 6.45) is -0.813. The molecule has 3 aromatic rings. The number of hydrogen-bond donors (Lipinski definition) is 1. The van der Waals surface area contributed by atoms with Crippen LogP contribution < -0.4 is 0 Å². The molecule has 0 aliphatic carbocycles. The van der Waals surface area contributed by atoms with Gasteiger partial charge in [0, 0.05) is 16.0 Å². The minimum Gasteiger partial charge on any atom is -0.382 e. The van der Waals surface area contributed by atoms with Crippen molar-refractivity contribution in [3.8, 4) is 0 Å². The van der Waals surface area contributed by atoms with Crippen molar-refractivity contribution in [3.63, 3.8) is 0 Å². The highest BCUT2D eigenvalue weighted by Crippen LogP contribution is 2.29. The molecule has 0 radical (unpaired) electrons. The zero-order valence-corrected chi connectivity index (χ0v) is 11.8. The highest BCUT2D eigenvalue weighted by atomic mass is 35.5. The number of pyridine rings is 1. The Morgan fingerprint density at radius 2 is 1.75 bits per heavy atom. The number of hydrogen-bond acceptors (Lipinski definition) is 2. The number of aliphatic hydroxyl groups is 1. The van der Waals surface area contributed by atoms with E-state index in [1.165, 1.54) is 0 Å². The number of rotatable bonds is 2.